The average Bonchev–Trinajstić information content (AvgIpc) is 2.84. The first-order valence-corrected chi connectivity index (χ1v) is 9.07. The van der Waals surface area contributed by atoms with Gasteiger partial charge in [0.05, 0.1) is 6.20 Å². The largest absolute Gasteiger partial charge is 0.310 e. The third-order valence-corrected chi connectivity index (χ3v) is 6.17. The summed E-state index contributed by atoms with van der Waals surface area (Å²) < 4.78 is 27.6. The van der Waals surface area contributed by atoms with E-state index in [1.165, 1.54) is 0 Å². The smallest absolute Gasteiger partial charge is 0.260 e. The quantitative estimate of drug-likeness (QED) is 0.869. The fourth-order valence-electron chi connectivity index (χ4n) is 2.94. The number of nitrogens with one attached hydrogen (secondary N) is 2. The van der Waals surface area contributed by atoms with Gasteiger partial charge >= 0.3 is 0 Å². The summed E-state index contributed by atoms with van der Waals surface area (Å²) in [5, 5.41) is 10.1. The van der Waals surface area contributed by atoms with Gasteiger partial charge in [-0.1, -0.05) is 20.3 Å². The number of H-pyrrole nitrogens is 1. The van der Waals surface area contributed by atoms with Gasteiger partial charge in [-0.3, -0.25) is 5.10 Å². The summed E-state index contributed by atoms with van der Waals surface area (Å²) in [6.45, 7) is 8.52. The second-order valence-electron chi connectivity index (χ2n) is 6.22. The van der Waals surface area contributed by atoms with Crippen LogP contribution in [0.1, 0.15) is 52.5 Å². The number of hydrogen-bond acceptors (Lipinski definition) is 4. The van der Waals surface area contributed by atoms with Gasteiger partial charge in [-0.15, -0.1) is 0 Å². The van der Waals surface area contributed by atoms with Crippen LogP contribution in [0.5, 0.6) is 0 Å². The Morgan fingerprint density at radius 3 is 2.57 bits per heavy atom. The molecule has 0 spiro atoms. The molecule has 2 heterocycles. The summed E-state index contributed by atoms with van der Waals surface area (Å²) in [7, 11) is -3.52. The van der Waals surface area contributed by atoms with Gasteiger partial charge in [0, 0.05) is 30.2 Å². The number of hydrogen-bond donors (Lipinski definition) is 2. The molecular weight excluding hydrogens is 288 g/mol. The molecule has 1 aliphatic rings. The second kappa shape index (κ2) is 6.46. The molecule has 21 heavy (non-hydrogen) atoms. The lowest BCUT2D eigenvalue weighted by Crippen LogP contribution is -2.47. The van der Waals surface area contributed by atoms with Crippen molar-refractivity contribution in [2.45, 2.75) is 76.7 Å². The molecule has 1 aromatic heterocycles. The Balaban J connectivity index is 2.29. The highest BCUT2D eigenvalue weighted by Gasteiger charge is 2.37. The summed E-state index contributed by atoms with van der Waals surface area (Å²) >= 11 is 0. The van der Waals surface area contributed by atoms with E-state index in [4.69, 9.17) is 0 Å². The predicted molar refractivity (Wildman–Crippen MR) is 82.4 cm³/mol. The van der Waals surface area contributed by atoms with Gasteiger partial charge < -0.3 is 5.32 Å². The first kappa shape index (κ1) is 16.5. The Hall–Kier alpha value is -0.920. The Morgan fingerprint density at radius 2 is 2.00 bits per heavy atom. The molecule has 7 heteroatoms. The van der Waals surface area contributed by atoms with Gasteiger partial charge in [-0.05, 0) is 26.7 Å². The van der Waals surface area contributed by atoms with Gasteiger partial charge in [0.25, 0.3) is 10.0 Å². The van der Waals surface area contributed by atoms with Crippen LogP contribution in [-0.4, -0.2) is 41.0 Å². The minimum atomic E-state index is -3.52. The zero-order valence-corrected chi connectivity index (χ0v) is 14.1. The molecule has 0 radical (unpaired) electrons. The van der Waals surface area contributed by atoms with E-state index in [0.717, 1.165) is 19.3 Å². The standard InChI is InChI=1S/C14H26N4O2S/c1-10(2)15-8-13-9-16-17-14(13)21(19,20)18-11(3)6-5-7-12(18)4/h9-12,15H,5-8H2,1-4H3,(H,16,17)/t11-,12+. The average molecular weight is 314 g/mol. The van der Waals surface area contributed by atoms with Crippen LogP contribution in [0.3, 0.4) is 0 Å². The highest BCUT2D eigenvalue weighted by molar-refractivity contribution is 7.89. The minimum absolute atomic E-state index is 0.0351. The monoisotopic (exact) mass is 314 g/mol. The van der Waals surface area contributed by atoms with E-state index in [0.29, 0.717) is 18.2 Å². The third-order valence-electron chi connectivity index (χ3n) is 4.03. The van der Waals surface area contributed by atoms with E-state index in [1.807, 2.05) is 27.7 Å². The van der Waals surface area contributed by atoms with Gasteiger partial charge in [-0.2, -0.15) is 9.40 Å². The molecule has 1 aliphatic heterocycles. The predicted octanol–water partition coefficient (Wildman–Crippen LogP) is 1.86. The molecule has 0 saturated carbocycles. The summed E-state index contributed by atoms with van der Waals surface area (Å²) in [6.07, 6.45) is 4.51. The first-order chi connectivity index (χ1) is 9.84. The van der Waals surface area contributed by atoms with Crippen LogP contribution in [0, 0.1) is 0 Å². The van der Waals surface area contributed by atoms with Crippen molar-refractivity contribution in [1.82, 2.24) is 19.8 Å². The number of aromatic amines is 1. The van der Waals surface area contributed by atoms with Crippen LogP contribution in [0.2, 0.25) is 0 Å². The molecule has 0 unspecified atom stereocenters. The van der Waals surface area contributed by atoms with Crippen molar-refractivity contribution in [2.24, 2.45) is 0 Å². The molecule has 0 amide bonds. The summed E-state index contributed by atoms with van der Waals surface area (Å²) in [4.78, 5) is 0. The topological polar surface area (TPSA) is 78.1 Å². The lowest BCUT2D eigenvalue weighted by Gasteiger charge is -2.37. The van der Waals surface area contributed by atoms with E-state index in [1.54, 1.807) is 10.5 Å². The van der Waals surface area contributed by atoms with Crippen molar-refractivity contribution >= 4 is 10.0 Å². The molecule has 2 rings (SSSR count). The van der Waals surface area contributed by atoms with Crippen molar-refractivity contribution in [2.75, 3.05) is 0 Å². The Kier molecular flexibility index (Phi) is 5.06. The maximum Gasteiger partial charge on any atom is 0.260 e. The summed E-state index contributed by atoms with van der Waals surface area (Å²) in [5.41, 5.74) is 0.702. The zero-order valence-electron chi connectivity index (χ0n) is 13.3. The van der Waals surface area contributed by atoms with Crippen LogP contribution in [0.4, 0.5) is 0 Å². The van der Waals surface area contributed by atoms with Gasteiger partial charge in [0.2, 0.25) is 0 Å². The Bertz CT molecular complexity index is 557. The summed E-state index contributed by atoms with van der Waals surface area (Å²) in [5.74, 6) is 0. The number of piperidine rings is 1. The van der Waals surface area contributed by atoms with Crippen molar-refractivity contribution in [1.29, 1.82) is 0 Å². The number of nitrogens with zero attached hydrogens (tertiary/aromatic N) is 2. The van der Waals surface area contributed by atoms with Crippen LogP contribution in [0.15, 0.2) is 11.2 Å². The van der Waals surface area contributed by atoms with Crippen molar-refractivity contribution in [3.63, 3.8) is 0 Å². The molecular formula is C14H26N4O2S. The molecule has 6 nitrogen and oxygen atoms in total. The van der Waals surface area contributed by atoms with Gasteiger partial charge in [-0.25, -0.2) is 8.42 Å². The highest BCUT2D eigenvalue weighted by Crippen LogP contribution is 2.29. The van der Waals surface area contributed by atoms with Crippen LogP contribution < -0.4 is 5.32 Å². The van der Waals surface area contributed by atoms with E-state index >= 15 is 0 Å². The Morgan fingerprint density at radius 1 is 1.38 bits per heavy atom. The molecule has 1 saturated heterocycles. The van der Waals surface area contributed by atoms with Crippen molar-refractivity contribution in [3.8, 4) is 0 Å². The van der Waals surface area contributed by atoms with E-state index in [9.17, 15) is 8.42 Å². The van der Waals surface area contributed by atoms with E-state index < -0.39 is 10.0 Å². The van der Waals surface area contributed by atoms with Crippen molar-refractivity contribution < 1.29 is 8.42 Å². The van der Waals surface area contributed by atoms with Gasteiger partial charge in [0.15, 0.2) is 5.03 Å². The fourth-order valence-corrected chi connectivity index (χ4v) is 4.93. The minimum Gasteiger partial charge on any atom is -0.310 e. The molecule has 0 aliphatic carbocycles. The molecule has 120 valence electrons. The first-order valence-electron chi connectivity index (χ1n) is 7.63. The van der Waals surface area contributed by atoms with Gasteiger partial charge in [0.1, 0.15) is 0 Å². The maximum atomic E-state index is 13.0. The third kappa shape index (κ3) is 3.46. The van der Waals surface area contributed by atoms with Crippen molar-refractivity contribution in [3.05, 3.63) is 11.8 Å². The molecule has 0 bridgehead atoms. The normalized spacial score (nSPS) is 24.6. The Labute approximate surface area is 127 Å². The molecule has 2 atom stereocenters. The SMILES string of the molecule is CC(C)NCc1cn[nH]c1S(=O)(=O)N1[C@H](C)CCC[C@@H]1C. The van der Waals surface area contributed by atoms with Crippen LogP contribution in [-0.2, 0) is 16.6 Å². The fraction of sp³-hybridized carbons (Fsp3) is 0.786. The van der Waals surface area contributed by atoms with Crippen LogP contribution >= 0.6 is 0 Å². The highest BCUT2D eigenvalue weighted by atomic mass is 32.2. The molecule has 1 fully saturated rings. The molecule has 1 aromatic rings. The second-order valence-corrected chi connectivity index (χ2v) is 8.00. The number of sulfonamides is 1. The van der Waals surface area contributed by atoms with E-state index in [2.05, 4.69) is 15.5 Å². The lowest BCUT2D eigenvalue weighted by molar-refractivity contribution is 0.203. The van der Waals surface area contributed by atoms with E-state index in [-0.39, 0.29) is 17.1 Å². The maximum absolute atomic E-state index is 13.0. The molecule has 2 N–H and O–H groups in total. The zero-order chi connectivity index (χ0) is 15.6. The number of aromatic nitrogens is 2. The molecule has 0 aromatic carbocycles. The number of rotatable bonds is 5. The van der Waals surface area contributed by atoms with Crippen LogP contribution in [0.25, 0.3) is 0 Å². The summed E-state index contributed by atoms with van der Waals surface area (Å²) in [6, 6.07) is 0.365. The lowest BCUT2D eigenvalue weighted by atomic mass is 10.0.